The van der Waals surface area contributed by atoms with Gasteiger partial charge in [0.2, 0.25) is 21.8 Å². The summed E-state index contributed by atoms with van der Waals surface area (Å²) in [5.41, 5.74) is -0.213. The molecule has 0 aromatic heterocycles. The molecule has 26 heavy (non-hydrogen) atoms. The smallest absolute Gasteiger partial charge is 0.243 e. The molecule has 0 spiro atoms. The zero-order chi connectivity index (χ0) is 20.1. The standard InChI is InChI=1S/C17H27N3O5S/c1-7-20(11-16(22)19-17(3,4)5)26(23,24)13-8-9-15(25-6)14(10-13)18-12(2)21/h8-10H,7,11H2,1-6H3,(H,18,21)(H,19,22). The molecule has 0 aliphatic heterocycles. The highest BCUT2D eigenvalue weighted by Gasteiger charge is 2.27. The predicted octanol–water partition coefficient (Wildman–Crippen LogP) is 1.58. The number of amides is 2. The molecule has 0 radical (unpaired) electrons. The summed E-state index contributed by atoms with van der Waals surface area (Å²) in [4.78, 5) is 23.4. The topological polar surface area (TPSA) is 105 Å². The molecule has 0 aliphatic rings. The maximum atomic E-state index is 12.9. The fraction of sp³-hybridized carbons (Fsp3) is 0.529. The summed E-state index contributed by atoms with van der Waals surface area (Å²) in [5, 5.41) is 5.28. The van der Waals surface area contributed by atoms with Crippen LogP contribution in [-0.4, -0.2) is 50.3 Å². The molecule has 1 aromatic rings. The van der Waals surface area contributed by atoms with Crippen molar-refractivity contribution in [3.8, 4) is 5.75 Å². The van der Waals surface area contributed by atoms with Crippen molar-refractivity contribution in [1.82, 2.24) is 9.62 Å². The van der Waals surface area contributed by atoms with Crippen LogP contribution in [0.5, 0.6) is 5.75 Å². The summed E-state index contributed by atoms with van der Waals surface area (Å²) < 4.78 is 32.0. The van der Waals surface area contributed by atoms with Gasteiger partial charge in [-0.25, -0.2) is 8.42 Å². The van der Waals surface area contributed by atoms with E-state index >= 15 is 0 Å². The second kappa shape index (κ2) is 8.50. The molecule has 0 saturated heterocycles. The largest absolute Gasteiger partial charge is 0.495 e. The van der Waals surface area contributed by atoms with Gasteiger partial charge in [-0.15, -0.1) is 0 Å². The second-order valence-electron chi connectivity index (χ2n) is 6.77. The zero-order valence-electron chi connectivity index (χ0n) is 16.0. The van der Waals surface area contributed by atoms with Crippen LogP contribution in [0.2, 0.25) is 0 Å². The number of rotatable bonds is 7. The van der Waals surface area contributed by atoms with Gasteiger partial charge in [0, 0.05) is 19.0 Å². The molecule has 0 aliphatic carbocycles. The number of hydrogen-bond donors (Lipinski definition) is 2. The van der Waals surface area contributed by atoms with E-state index < -0.39 is 21.5 Å². The molecule has 146 valence electrons. The Bertz CT molecular complexity index is 769. The number of nitrogens with zero attached hydrogens (tertiary/aromatic N) is 1. The molecule has 0 fully saturated rings. The van der Waals surface area contributed by atoms with Crippen molar-refractivity contribution in [2.75, 3.05) is 25.5 Å². The number of sulfonamides is 1. The number of nitrogens with one attached hydrogen (secondary N) is 2. The van der Waals surface area contributed by atoms with Crippen LogP contribution in [0.1, 0.15) is 34.6 Å². The summed E-state index contributed by atoms with van der Waals surface area (Å²) in [6, 6.07) is 4.16. The third-order valence-corrected chi connectivity index (χ3v) is 5.22. The Morgan fingerprint density at radius 1 is 1.23 bits per heavy atom. The molecule has 9 heteroatoms. The van der Waals surface area contributed by atoms with Gasteiger partial charge in [0.25, 0.3) is 0 Å². The molecule has 0 heterocycles. The fourth-order valence-corrected chi connectivity index (χ4v) is 3.70. The quantitative estimate of drug-likeness (QED) is 0.741. The lowest BCUT2D eigenvalue weighted by Gasteiger charge is -2.25. The minimum Gasteiger partial charge on any atom is -0.495 e. The van der Waals surface area contributed by atoms with E-state index in [-0.39, 0.29) is 29.6 Å². The molecular weight excluding hydrogens is 358 g/mol. The molecule has 2 amide bonds. The molecular formula is C17H27N3O5S. The third-order valence-electron chi connectivity index (χ3n) is 3.31. The van der Waals surface area contributed by atoms with Crippen LogP contribution in [0.4, 0.5) is 5.69 Å². The Labute approximate surface area is 155 Å². The summed E-state index contributed by atoms with van der Waals surface area (Å²) >= 11 is 0. The van der Waals surface area contributed by atoms with E-state index in [0.717, 1.165) is 4.31 Å². The number of carbonyl (C=O) groups is 2. The van der Waals surface area contributed by atoms with Crippen molar-refractivity contribution in [2.24, 2.45) is 0 Å². The van der Waals surface area contributed by atoms with Crippen molar-refractivity contribution in [3.63, 3.8) is 0 Å². The van der Waals surface area contributed by atoms with Gasteiger partial charge in [-0.2, -0.15) is 4.31 Å². The molecule has 2 N–H and O–H groups in total. The Kier molecular flexibility index (Phi) is 7.16. The van der Waals surface area contributed by atoms with Gasteiger partial charge in [0.15, 0.2) is 0 Å². The van der Waals surface area contributed by atoms with Gasteiger partial charge in [-0.05, 0) is 39.0 Å². The number of likely N-dealkylation sites (N-methyl/N-ethyl adjacent to an activating group) is 1. The lowest BCUT2D eigenvalue weighted by molar-refractivity contribution is -0.122. The van der Waals surface area contributed by atoms with Crippen LogP contribution >= 0.6 is 0 Å². The van der Waals surface area contributed by atoms with E-state index in [9.17, 15) is 18.0 Å². The molecule has 0 unspecified atom stereocenters. The van der Waals surface area contributed by atoms with Gasteiger partial charge < -0.3 is 15.4 Å². The number of benzene rings is 1. The molecule has 1 rings (SSSR count). The van der Waals surface area contributed by atoms with Crippen LogP contribution in [-0.2, 0) is 19.6 Å². The Morgan fingerprint density at radius 3 is 2.31 bits per heavy atom. The van der Waals surface area contributed by atoms with E-state index in [1.54, 1.807) is 6.92 Å². The van der Waals surface area contributed by atoms with Crippen LogP contribution in [0.15, 0.2) is 23.1 Å². The van der Waals surface area contributed by atoms with Crippen LogP contribution in [0.3, 0.4) is 0 Å². The van der Waals surface area contributed by atoms with Crippen LogP contribution < -0.4 is 15.4 Å². The minimum atomic E-state index is -3.92. The van der Waals surface area contributed by atoms with Gasteiger partial charge in [0.1, 0.15) is 5.75 Å². The molecule has 8 nitrogen and oxygen atoms in total. The van der Waals surface area contributed by atoms with Gasteiger partial charge in [0.05, 0.1) is 24.2 Å². The van der Waals surface area contributed by atoms with Crippen molar-refractivity contribution in [1.29, 1.82) is 0 Å². The molecule has 0 bridgehead atoms. The first-order chi connectivity index (χ1) is 11.9. The number of anilines is 1. The first kappa shape index (κ1) is 21.9. The lowest BCUT2D eigenvalue weighted by atomic mass is 10.1. The Hall–Kier alpha value is -2.13. The summed E-state index contributed by atoms with van der Waals surface area (Å²) in [7, 11) is -2.50. The van der Waals surface area contributed by atoms with Gasteiger partial charge in [-0.3, -0.25) is 9.59 Å². The first-order valence-corrected chi connectivity index (χ1v) is 9.61. The lowest BCUT2D eigenvalue weighted by Crippen LogP contribution is -2.47. The summed E-state index contributed by atoms with van der Waals surface area (Å²) in [5.74, 6) is -0.402. The second-order valence-corrected chi connectivity index (χ2v) is 8.71. The van der Waals surface area contributed by atoms with Gasteiger partial charge >= 0.3 is 0 Å². The maximum Gasteiger partial charge on any atom is 0.243 e. The van der Waals surface area contributed by atoms with Crippen molar-refractivity contribution < 1.29 is 22.7 Å². The normalized spacial score (nSPS) is 12.0. The van der Waals surface area contributed by atoms with E-state index in [1.807, 2.05) is 20.8 Å². The highest BCUT2D eigenvalue weighted by molar-refractivity contribution is 7.89. The van der Waals surface area contributed by atoms with E-state index in [4.69, 9.17) is 4.74 Å². The molecule has 1 aromatic carbocycles. The number of hydrogen-bond acceptors (Lipinski definition) is 5. The number of methoxy groups -OCH3 is 1. The van der Waals surface area contributed by atoms with Crippen molar-refractivity contribution in [2.45, 2.75) is 45.1 Å². The van der Waals surface area contributed by atoms with Gasteiger partial charge in [-0.1, -0.05) is 6.92 Å². The maximum absolute atomic E-state index is 12.9. The Balaban J connectivity index is 3.17. The molecule has 0 atom stereocenters. The molecule has 0 saturated carbocycles. The Morgan fingerprint density at radius 2 is 1.85 bits per heavy atom. The van der Waals surface area contributed by atoms with E-state index in [1.165, 1.54) is 32.2 Å². The fourth-order valence-electron chi connectivity index (χ4n) is 2.27. The SMILES string of the molecule is CCN(CC(=O)NC(C)(C)C)S(=O)(=O)c1ccc(OC)c(NC(C)=O)c1. The third kappa shape index (κ3) is 5.99. The first-order valence-electron chi connectivity index (χ1n) is 8.17. The zero-order valence-corrected chi connectivity index (χ0v) is 16.9. The highest BCUT2D eigenvalue weighted by atomic mass is 32.2. The summed E-state index contributed by atoms with van der Waals surface area (Å²) in [6.45, 7) is 8.26. The average molecular weight is 385 g/mol. The van der Waals surface area contributed by atoms with Crippen LogP contribution in [0, 0.1) is 0 Å². The number of carbonyl (C=O) groups excluding carboxylic acids is 2. The monoisotopic (exact) mass is 385 g/mol. The summed E-state index contributed by atoms with van der Waals surface area (Å²) in [6.07, 6.45) is 0. The van der Waals surface area contributed by atoms with E-state index in [0.29, 0.717) is 5.75 Å². The van der Waals surface area contributed by atoms with Crippen molar-refractivity contribution in [3.05, 3.63) is 18.2 Å². The van der Waals surface area contributed by atoms with Crippen molar-refractivity contribution >= 4 is 27.5 Å². The minimum absolute atomic E-state index is 0.0348. The van der Waals surface area contributed by atoms with E-state index in [2.05, 4.69) is 10.6 Å². The highest BCUT2D eigenvalue weighted by Crippen LogP contribution is 2.28. The van der Waals surface area contributed by atoms with Crippen LogP contribution in [0.25, 0.3) is 0 Å². The number of ether oxygens (including phenoxy) is 1. The predicted molar refractivity (Wildman–Crippen MR) is 99.6 cm³/mol. The average Bonchev–Trinajstić information content (AvgIpc) is 2.50.